The van der Waals surface area contributed by atoms with Crippen molar-refractivity contribution in [3.05, 3.63) is 18.2 Å². The summed E-state index contributed by atoms with van der Waals surface area (Å²) in [5, 5.41) is 2.59. The highest BCUT2D eigenvalue weighted by Gasteiger charge is 2.29. The summed E-state index contributed by atoms with van der Waals surface area (Å²) >= 11 is 0. The number of piperazine rings is 1. The number of methoxy groups -OCH3 is 2. The van der Waals surface area contributed by atoms with Gasteiger partial charge in [0, 0.05) is 19.2 Å². The number of hydrogen-bond donors (Lipinski definition) is 1. The van der Waals surface area contributed by atoms with E-state index in [0.29, 0.717) is 18.0 Å². The lowest BCUT2D eigenvalue weighted by Gasteiger charge is -2.26. The molecular weight excluding hydrogens is 284 g/mol. The van der Waals surface area contributed by atoms with Gasteiger partial charge in [0.15, 0.2) is 11.5 Å². The third-order valence-corrected chi connectivity index (χ3v) is 4.84. The Morgan fingerprint density at radius 2 is 1.90 bits per heavy atom. The molecule has 0 atom stereocenters. The Labute approximate surface area is 117 Å². The number of nitrogens with one attached hydrogen (secondary N) is 1. The largest absolute Gasteiger partial charge is 0.493 e. The Morgan fingerprint density at radius 3 is 2.50 bits per heavy atom. The summed E-state index contributed by atoms with van der Waals surface area (Å²) in [5.41, 5.74) is 0. The number of benzene rings is 1. The van der Waals surface area contributed by atoms with Crippen molar-refractivity contribution in [3.8, 4) is 11.5 Å². The number of rotatable bonds is 4. The lowest BCUT2D eigenvalue weighted by molar-refractivity contribution is -0.122. The smallest absolute Gasteiger partial charge is 0.243 e. The maximum atomic E-state index is 12.5. The van der Waals surface area contributed by atoms with Crippen molar-refractivity contribution in [2.45, 2.75) is 4.90 Å². The molecule has 1 aliphatic heterocycles. The maximum Gasteiger partial charge on any atom is 0.243 e. The second-order valence-electron chi connectivity index (χ2n) is 4.21. The molecule has 1 aliphatic rings. The molecule has 8 heteroatoms. The first kappa shape index (κ1) is 14.6. The zero-order valence-corrected chi connectivity index (χ0v) is 12.1. The second-order valence-corrected chi connectivity index (χ2v) is 6.14. The van der Waals surface area contributed by atoms with Crippen LogP contribution < -0.4 is 14.8 Å². The minimum absolute atomic E-state index is 0.0739. The molecule has 20 heavy (non-hydrogen) atoms. The predicted octanol–water partition coefficient (Wildman–Crippen LogP) is -0.176. The van der Waals surface area contributed by atoms with E-state index in [0.717, 1.165) is 4.31 Å². The van der Waals surface area contributed by atoms with Gasteiger partial charge in [0.25, 0.3) is 0 Å². The summed E-state index contributed by atoms with van der Waals surface area (Å²) < 4.78 is 36.2. The Kier molecular flexibility index (Phi) is 4.15. The number of carbonyl (C=O) groups excluding carboxylic acids is 1. The molecule has 1 aromatic rings. The van der Waals surface area contributed by atoms with Crippen LogP contribution in [0.2, 0.25) is 0 Å². The monoisotopic (exact) mass is 300 g/mol. The fourth-order valence-electron chi connectivity index (χ4n) is 1.95. The van der Waals surface area contributed by atoms with E-state index in [1.807, 2.05) is 0 Å². The zero-order chi connectivity index (χ0) is 14.8. The highest BCUT2D eigenvalue weighted by atomic mass is 32.2. The molecule has 7 nitrogen and oxygen atoms in total. The van der Waals surface area contributed by atoms with E-state index in [9.17, 15) is 13.2 Å². The van der Waals surface area contributed by atoms with Gasteiger partial charge in [0.05, 0.1) is 25.7 Å². The summed E-state index contributed by atoms with van der Waals surface area (Å²) in [6.45, 7) is 0.393. The summed E-state index contributed by atoms with van der Waals surface area (Å²) in [4.78, 5) is 11.4. The molecule has 1 saturated heterocycles. The predicted molar refractivity (Wildman–Crippen MR) is 71.3 cm³/mol. The Balaban J connectivity index is 2.36. The molecule has 0 bridgehead atoms. The first-order chi connectivity index (χ1) is 9.48. The molecule has 1 aromatic carbocycles. The first-order valence-corrected chi connectivity index (χ1v) is 7.42. The van der Waals surface area contributed by atoms with Crippen LogP contribution in [-0.4, -0.2) is 52.5 Å². The normalized spacial score (nSPS) is 16.6. The molecular formula is C12H16N2O5S. The summed E-state index contributed by atoms with van der Waals surface area (Å²) in [7, 11) is -0.809. The van der Waals surface area contributed by atoms with Crippen molar-refractivity contribution in [1.29, 1.82) is 0 Å². The molecule has 110 valence electrons. The van der Waals surface area contributed by atoms with Gasteiger partial charge in [-0.3, -0.25) is 4.79 Å². The van der Waals surface area contributed by atoms with Gasteiger partial charge in [-0.25, -0.2) is 8.42 Å². The van der Waals surface area contributed by atoms with Crippen molar-refractivity contribution in [2.24, 2.45) is 0 Å². The average Bonchev–Trinajstić information content (AvgIpc) is 2.46. The van der Waals surface area contributed by atoms with Gasteiger partial charge in [-0.15, -0.1) is 0 Å². The Bertz CT molecular complexity index is 614. The maximum absolute atomic E-state index is 12.5. The van der Waals surface area contributed by atoms with Gasteiger partial charge in [-0.05, 0) is 12.1 Å². The fourth-order valence-corrected chi connectivity index (χ4v) is 3.36. The number of nitrogens with zero attached hydrogens (tertiary/aromatic N) is 1. The lowest BCUT2D eigenvalue weighted by Crippen LogP contribution is -2.49. The van der Waals surface area contributed by atoms with Crippen LogP contribution in [-0.2, 0) is 14.8 Å². The molecule has 1 fully saturated rings. The van der Waals surface area contributed by atoms with Crippen LogP contribution in [0.3, 0.4) is 0 Å². The molecule has 2 rings (SSSR count). The van der Waals surface area contributed by atoms with Gasteiger partial charge in [-0.1, -0.05) is 0 Å². The first-order valence-electron chi connectivity index (χ1n) is 5.98. The summed E-state index contributed by atoms with van der Waals surface area (Å²) in [6, 6.07) is 4.35. The third kappa shape index (κ3) is 2.70. The molecule has 0 saturated carbocycles. The average molecular weight is 300 g/mol. The van der Waals surface area contributed by atoms with E-state index in [4.69, 9.17) is 9.47 Å². The quantitative estimate of drug-likeness (QED) is 0.834. The number of sulfonamides is 1. The topological polar surface area (TPSA) is 84.9 Å². The molecule has 1 heterocycles. The van der Waals surface area contributed by atoms with Gasteiger partial charge in [-0.2, -0.15) is 4.31 Å². The zero-order valence-electron chi connectivity index (χ0n) is 11.3. The molecule has 0 unspecified atom stereocenters. The molecule has 0 aliphatic carbocycles. The standard InChI is InChI=1S/C12H16N2O5S/c1-18-10-4-3-9(7-11(10)19-2)20(16,17)14-6-5-13-12(15)8-14/h3-4,7H,5-6,8H2,1-2H3,(H,13,15). The third-order valence-electron chi connectivity index (χ3n) is 3.00. The van der Waals surface area contributed by atoms with Crippen molar-refractivity contribution in [1.82, 2.24) is 9.62 Å². The van der Waals surface area contributed by atoms with Crippen LogP contribution >= 0.6 is 0 Å². The van der Waals surface area contributed by atoms with Gasteiger partial charge in [0.1, 0.15) is 0 Å². The van der Waals surface area contributed by atoms with E-state index in [1.165, 1.54) is 32.4 Å². The second kappa shape index (κ2) is 5.68. The highest BCUT2D eigenvalue weighted by molar-refractivity contribution is 7.89. The van der Waals surface area contributed by atoms with E-state index in [1.54, 1.807) is 0 Å². The highest BCUT2D eigenvalue weighted by Crippen LogP contribution is 2.30. The SMILES string of the molecule is COc1ccc(S(=O)(=O)N2CCNC(=O)C2)cc1OC. The minimum atomic E-state index is -3.72. The number of carbonyl (C=O) groups is 1. The lowest BCUT2D eigenvalue weighted by atomic mass is 10.3. The summed E-state index contributed by atoms with van der Waals surface area (Å²) in [5.74, 6) is 0.471. The minimum Gasteiger partial charge on any atom is -0.493 e. The van der Waals surface area contributed by atoms with Crippen molar-refractivity contribution >= 4 is 15.9 Å². The van der Waals surface area contributed by atoms with Gasteiger partial charge < -0.3 is 14.8 Å². The van der Waals surface area contributed by atoms with E-state index >= 15 is 0 Å². The number of amides is 1. The fraction of sp³-hybridized carbons (Fsp3) is 0.417. The van der Waals surface area contributed by atoms with E-state index in [-0.39, 0.29) is 23.9 Å². The van der Waals surface area contributed by atoms with Crippen LogP contribution in [0.5, 0.6) is 11.5 Å². The number of hydrogen-bond acceptors (Lipinski definition) is 5. The number of ether oxygens (including phenoxy) is 2. The van der Waals surface area contributed by atoms with Crippen LogP contribution in [0.25, 0.3) is 0 Å². The van der Waals surface area contributed by atoms with Crippen LogP contribution in [0, 0.1) is 0 Å². The van der Waals surface area contributed by atoms with Crippen LogP contribution in [0.4, 0.5) is 0 Å². The summed E-state index contributed by atoms with van der Waals surface area (Å²) in [6.07, 6.45) is 0. The Morgan fingerprint density at radius 1 is 1.20 bits per heavy atom. The van der Waals surface area contributed by atoms with E-state index < -0.39 is 10.0 Å². The van der Waals surface area contributed by atoms with Gasteiger partial charge >= 0.3 is 0 Å². The molecule has 0 aromatic heterocycles. The van der Waals surface area contributed by atoms with Crippen LogP contribution in [0.15, 0.2) is 23.1 Å². The van der Waals surface area contributed by atoms with Crippen molar-refractivity contribution in [2.75, 3.05) is 33.9 Å². The Hall–Kier alpha value is -1.80. The van der Waals surface area contributed by atoms with Crippen molar-refractivity contribution in [3.63, 3.8) is 0 Å². The molecule has 0 radical (unpaired) electrons. The molecule has 1 N–H and O–H groups in total. The van der Waals surface area contributed by atoms with Crippen LogP contribution in [0.1, 0.15) is 0 Å². The van der Waals surface area contributed by atoms with E-state index in [2.05, 4.69) is 5.32 Å². The molecule has 1 amide bonds. The van der Waals surface area contributed by atoms with Crippen molar-refractivity contribution < 1.29 is 22.7 Å². The van der Waals surface area contributed by atoms with Gasteiger partial charge in [0.2, 0.25) is 15.9 Å². The molecule has 0 spiro atoms.